The van der Waals surface area contributed by atoms with E-state index in [0.717, 1.165) is 12.8 Å². The van der Waals surface area contributed by atoms with Gasteiger partial charge in [-0.3, -0.25) is 4.57 Å². The number of aliphatic hydroxyl groups is 1. The van der Waals surface area contributed by atoms with E-state index in [1.165, 1.54) is 83.5 Å². The first-order chi connectivity index (χ1) is 13.5. The molecule has 0 spiro atoms. The Balaban J connectivity index is 3.61. The van der Waals surface area contributed by atoms with E-state index < -0.39 is 12.9 Å². The molecule has 6 heteroatoms. The standard InChI is InChI=1S/C23H50NO4P/c1-5-6-7-8-9-10-11-12-13-14-15-16-17-18-19-20-21-23(25,29(26,27)28)22-24(2,3)4/h25H,5-22H2,1-4H3,(H-,26,27,28)/p+1. The first-order valence-electron chi connectivity index (χ1n) is 12.1. The predicted molar refractivity (Wildman–Crippen MR) is 124 cm³/mol. The van der Waals surface area contributed by atoms with Crippen LogP contribution in [0.15, 0.2) is 0 Å². The van der Waals surface area contributed by atoms with Crippen LogP contribution in [0.1, 0.15) is 116 Å². The van der Waals surface area contributed by atoms with Crippen molar-refractivity contribution in [1.29, 1.82) is 0 Å². The normalized spacial score (nSPS) is 14.9. The van der Waals surface area contributed by atoms with Gasteiger partial charge in [0, 0.05) is 0 Å². The summed E-state index contributed by atoms with van der Waals surface area (Å²) in [6.45, 7) is 2.33. The first-order valence-corrected chi connectivity index (χ1v) is 13.7. The number of hydrogen-bond donors (Lipinski definition) is 3. The average Bonchev–Trinajstić information content (AvgIpc) is 2.59. The molecule has 0 aromatic heterocycles. The fourth-order valence-corrected chi connectivity index (χ4v) is 5.09. The highest BCUT2D eigenvalue weighted by molar-refractivity contribution is 7.53. The van der Waals surface area contributed by atoms with Gasteiger partial charge in [-0.1, -0.05) is 103 Å². The zero-order valence-corrected chi connectivity index (χ0v) is 20.8. The Kier molecular flexibility index (Phi) is 15.8. The maximum Gasteiger partial charge on any atom is 0.362 e. The van der Waals surface area contributed by atoms with Gasteiger partial charge in [0.05, 0.1) is 21.1 Å². The van der Waals surface area contributed by atoms with Crippen molar-refractivity contribution >= 4 is 7.60 Å². The second kappa shape index (κ2) is 15.8. The molecule has 0 aromatic rings. The molecule has 0 saturated carbocycles. The summed E-state index contributed by atoms with van der Waals surface area (Å²) in [4.78, 5) is 19.2. The molecular weight excluding hydrogens is 385 g/mol. The lowest BCUT2D eigenvalue weighted by Crippen LogP contribution is -2.49. The molecule has 0 radical (unpaired) electrons. The number of quaternary nitrogens is 1. The van der Waals surface area contributed by atoms with Crippen molar-refractivity contribution in [1.82, 2.24) is 0 Å². The molecule has 0 bridgehead atoms. The number of likely N-dealkylation sites (N-methyl/N-ethyl adjacent to an activating group) is 1. The van der Waals surface area contributed by atoms with Gasteiger partial charge in [0.2, 0.25) is 5.34 Å². The molecule has 0 aliphatic carbocycles. The van der Waals surface area contributed by atoms with Gasteiger partial charge in [0.25, 0.3) is 0 Å². The van der Waals surface area contributed by atoms with Crippen molar-refractivity contribution in [2.24, 2.45) is 0 Å². The maximum atomic E-state index is 11.8. The molecule has 0 rings (SSSR count). The minimum atomic E-state index is -4.53. The van der Waals surface area contributed by atoms with Crippen LogP contribution in [0, 0.1) is 0 Å². The van der Waals surface area contributed by atoms with Crippen molar-refractivity contribution in [3.8, 4) is 0 Å². The van der Waals surface area contributed by atoms with Gasteiger partial charge >= 0.3 is 7.60 Å². The van der Waals surface area contributed by atoms with Crippen LogP contribution in [-0.2, 0) is 4.57 Å². The Morgan fingerprint density at radius 2 is 0.966 bits per heavy atom. The Morgan fingerprint density at radius 3 is 1.24 bits per heavy atom. The fraction of sp³-hybridized carbons (Fsp3) is 1.00. The molecule has 5 nitrogen and oxygen atoms in total. The van der Waals surface area contributed by atoms with Gasteiger partial charge in [0.15, 0.2) is 0 Å². The Hall–Kier alpha value is 0.0700. The third kappa shape index (κ3) is 16.4. The van der Waals surface area contributed by atoms with E-state index in [4.69, 9.17) is 0 Å². The summed E-state index contributed by atoms with van der Waals surface area (Å²) in [5, 5.41) is 8.62. The van der Waals surface area contributed by atoms with Crippen LogP contribution in [0.3, 0.4) is 0 Å². The first kappa shape index (κ1) is 29.1. The van der Waals surface area contributed by atoms with Gasteiger partial charge in [-0.15, -0.1) is 0 Å². The molecule has 0 aromatic carbocycles. The van der Waals surface area contributed by atoms with Crippen molar-refractivity contribution in [2.75, 3.05) is 27.7 Å². The van der Waals surface area contributed by atoms with Gasteiger partial charge in [0.1, 0.15) is 6.54 Å². The van der Waals surface area contributed by atoms with E-state index in [-0.39, 0.29) is 13.0 Å². The molecule has 1 unspecified atom stereocenters. The summed E-state index contributed by atoms with van der Waals surface area (Å²) in [6, 6.07) is 0. The molecule has 29 heavy (non-hydrogen) atoms. The molecule has 0 aliphatic rings. The van der Waals surface area contributed by atoms with Crippen molar-refractivity contribution in [3.63, 3.8) is 0 Å². The largest absolute Gasteiger partial charge is 0.373 e. The van der Waals surface area contributed by atoms with Gasteiger partial charge in [-0.2, -0.15) is 0 Å². The lowest BCUT2D eigenvalue weighted by atomic mass is 10.0. The second-order valence-electron chi connectivity index (χ2n) is 10.0. The zero-order valence-electron chi connectivity index (χ0n) is 19.9. The zero-order chi connectivity index (χ0) is 22.2. The summed E-state index contributed by atoms with van der Waals surface area (Å²) in [5.74, 6) is 0. The van der Waals surface area contributed by atoms with E-state index in [1.807, 2.05) is 21.1 Å². The van der Waals surface area contributed by atoms with Crippen LogP contribution in [0.2, 0.25) is 0 Å². The fourth-order valence-electron chi connectivity index (χ4n) is 4.03. The molecule has 176 valence electrons. The number of rotatable bonds is 20. The third-order valence-electron chi connectivity index (χ3n) is 5.70. The van der Waals surface area contributed by atoms with Crippen molar-refractivity contribution in [3.05, 3.63) is 0 Å². The SMILES string of the molecule is CCCCCCCCCCCCCCCCCCC(O)(C[N+](C)(C)C)P(=O)(O)O. The van der Waals surface area contributed by atoms with Crippen LogP contribution < -0.4 is 0 Å². The lowest BCUT2D eigenvalue weighted by molar-refractivity contribution is -0.875. The average molecular weight is 437 g/mol. The maximum absolute atomic E-state index is 11.8. The molecule has 0 fully saturated rings. The quantitative estimate of drug-likeness (QED) is 0.120. The summed E-state index contributed by atoms with van der Waals surface area (Å²) < 4.78 is 12.1. The molecular formula is C23H51NO4P+. The summed E-state index contributed by atoms with van der Waals surface area (Å²) in [6.07, 6.45) is 20.4. The van der Waals surface area contributed by atoms with Gasteiger partial charge in [-0.05, 0) is 12.8 Å². The molecule has 0 saturated heterocycles. The molecule has 1 atom stereocenters. The summed E-state index contributed by atoms with van der Waals surface area (Å²) >= 11 is 0. The van der Waals surface area contributed by atoms with Crippen LogP contribution >= 0.6 is 7.60 Å². The van der Waals surface area contributed by atoms with Gasteiger partial charge < -0.3 is 19.4 Å². The van der Waals surface area contributed by atoms with Crippen molar-refractivity contribution < 1.29 is 23.9 Å². The third-order valence-corrected chi connectivity index (χ3v) is 7.15. The van der Waals surface area contributed by atoms with E-state index >= 15 is 0 Å². The number of nitrogens with zero attached hydrogens (tertiary/aromatic N) is 1. The van der Waals surface area contributed by atoms with E-state index in [0.29, 0.717) is 10.9 Å². The van der Waals surface area contributed by atoms with Crippen LogP contribution in [-0.4, -0.2) is 52.4 Å². The number of hydrogen-bond acceptors (Lipinski definition) is 2. The predicted octanol–water partition coefficient (Wildman–Crippen LogP) is 6.21. The summed E-state index contributed by atoms with van der Waals surface area (Å²) in [7, 11) is 0.990. The lowest BCUT2D eigenvalue weighted by Gasteiger charge is -2.35. The molecule has 0 amide bonds. The second-order valence-corrected chi connectivity index (χ2v) is 11.9. The topological polar surface area (TPSA) is 77.8 Å². The highest BCUT2D eigenvalue weighted by Crippen LogP contribution is 2.52. The van der Waals surface area contributed by atoms with E-state index in [2.05, 4.69) is 6.92 Å². The molecule has 0 aliphatic heterocycles. The minimum Gasteiger partial charge on any atom is -0.373 e. The Bertz CT molecular complexity index is 433. The highest BCUT2D eigenvalue weighted by atomic mass is 31.2. The van der Waals surface area contributed by atoms with Crippen molar-refractivity contribution in [2.45, 2.75) is 121 Å². The Labute approximate surface area is 181 Å². The van der Waals surface area contributed by atoms with E-state index in [1.54, 1.807) is 0 Å². The summed E-state index contributed by atoms with van der Waals surface area (Å²) in [5.41, 5.74) is 0. The van der Waals surface area contributed by atoms with Gasteiger partial charge in [-0.25, -0.2) is 0 Å². The van der Waals surface area contributed by atoms with Crippen LogP contribution in [0.25, 0.3) is 0 Å². The number of unbranched alkanes of at least 4 members (excludes halogenated alkanes) is 15. The van der Waals surface area contributed by atoms with E-state index in [9.17, 15) is 19.5 Å². The van der Waals surface area contributed by atoms with Crippen LogP contribution in [0.4, 0.5) is 0 Å². The van der Waals surface area contributed by atoms with Crippen LogP contribution in [0.5, 0.6) is 0 Å². The minimum absolute atomic E-state index is 0.0655. The highest BCUT2D eigenvalue weighted by Gasteiger charge is 2.48. The molecule has 0 heterocycles. The Morgan fingerprint density at radius 1 is 0.655 bits per heavy atom. The molecule has 3 N–H and O–H groups in total. The smallest absolute Gasteiger partial charge is 0.362 e. The monoisotopic (exact) mass is 436 g/mol.